The zero-order chi connectivity index (χ0) is 22.2. The predicted molar refractivity (Wildman–Crippen MR) is 95.2 cm³/mol. The Labute approximate surface area is 162 Å². The highest BCUT2D eigenvalue weighted by Gasteiger charge is 2.18. The topological polar surface area (TPSA) is 86.8 Å². The molecule has 140 valence electrons. The van der Waals surface area contributed by atoms with E-state index in [0.29, 0.717) is 0 Å². The average molecular weight is 384 g/mol. The lowest BCUT2D eigenvalue weighted by molar-refractivity contribution is 0.410. The number of hydrogen-bond donors (Lipinski definition) is 0. The van der Waals surface area contributed by atoms with Gasteiger partial charge in [0.15, 0.2) is 0 Å². The smallest absolute Gasteiger partial charge is 0.276 e. The first-order valence-corrected chi connectivity index (χ1v) is 7.97. The van der Waals surface area contributed by atoms with E-state index in [-0.39, 0.29) is 45.7 Å². The van der Waals surface area contributed by atoms with E-state index < -0.39 is 18.7 Å². The molecule has 0 N–H and O–H groups in total. The van der Waals surface area contributed by atoms with Crippen LogP contribution in [0.1, 0.15) is 9.81 Å². The highest BCUT2D eigenvalue weighted by atomic mass is 19.1. The largest absolute Gasteiger partial charge is 0.494 e. The molecule has 0 aromatic carbocycles. The summed E-state index contributed by atoms with van der Waals surface area (Å²) in [4.78, 5) is 16.2. The van der Waals surface area contributed by atoms with Crippen molar-refractivity contribution in [2.75, 3.05) is 7.04 Å². The third kappa shape index (κ3) is 3.29. The Morgan fingerprint density at radius 3 is 2.68 bits per heavy atom. The summed E-state index contributed by atoms with van der Waals surface area (Å²) in [6.07, 6.45) is 3.39. The molecule has 0 aliphatic heterocycles. The van der Waals surface area contributed by atoms with Crippen molar-refractivity contribution in [3.63, 3.8) is 0 Å². The van der Waals surface area contributed by atoms with Gasteiger partial charge in [0.25, 0.3) is 5.89 Å². The fraction of sp³-hybridized carbons (Fsp3) is 0.105. The molecule has 0 bridgehead atoms. The number of aromatic nitrogens is 5. The molecule has 9 heteroatoms. The summed E-state index contributed by atoms with van der Waals surface area (Å²) in [7, 11) is -2.75. The van der Waals surface area contributed by atoms with Crippen LogP contribution in [0.2, 0.25) is 0 Å². The first kappa shape index (κ1) is 14.3. The quantitative estimate of drug-likeness (QED) is 0.528. The van der Waals surface area contributed by atoms with Crippen molar-refractivity contribution in [1.29, 1.82) is 0 Å². The van der Waals surface area contributed by atoms with Crippen LogP contribution in [-0.4, -0.2) is 32.1 Å². The van der Waals surface area contributed by atoms with E-state index in [1.54, 1.807) is 0 Å². The van der Waals surface area contributed by atoms with Gasteiger partial charge in [0, 0.05) is 17.3 Å². The predicted octanol–water partition coefficient (Wildman–Crippen LogP) is 3.85. The summed E-state index contributed by atoms with van der Waals surface area (Å²) < 4.78 is 59.5. The number of aryl methyl sites for hydroxylation is 1. The van der Waals surface area contributed by atoms with E-state index in [9.17, 15) is 8.78 Å². The summed E-state index contributed by atoms with van der Waals surface area (Å²) in [5, 5.41) is 3.82. The third-order valence-electron chi connectivity index (χ3n) is 3.86. The number of rotatable bonds is 4. The maximum atomic E-state index is 13.8. The van der Waals surface area contributed by atoms with Gasteiger partial charge in [-0.05, 0) is 31.2 Å². The van der Waals surface area contributed by atoms with E-state index in [4.69, 9.17) is 13.4 Å². The minimum Gasteiger partial charge on any atom is -0.494 e. The highest BCUT2D eigenvalue weighted by Crippen LogP contribution is 2.35. The molecule has 7 nitrogen and oxygen atoms in total. The van der Waals surface area contributed by atoms with Crippen molar-refractivity contribution in [2.45, 2.75) is 6.92 Å². The van der Waals surface area contributed by atoms with Crippen LogP contribution in [0.15, 0.2) is 47.4 Å². The SMILES string of the molecule is [2H]C([2H])([2H])Oc1c(-c2cncc(F)c2)cc(-c2nc(-c3ccc(F)cn3)no2)nc1C. The van der Waals surface area contributed by atoms with Crippen molar-refractivity contribution in [3.05, 3.63) is 60.2 Å². The van der Waals surface area contributed by atoms with Crippen LogP contribution in [0.3, 0.4) is 0 Å². The Morgan fingerprint density at radius 2 is 1.93 bits per heavy atom. The van der Waals surface area contributed by atoms with Crippen molar-refractivity contribution in [2.24, 2.45) is 0 Å². The molecule has 0 fully saturated rings. The molecule has 4 aromatic rings. The fourth-order valence-corrected chi connectivity index (χ4v) is 2.61. The van der Waals surface area contributed by atoms with Crippen molar-refractivity contribution in [3.8, 4) is 40.0 Å². The molecule has 0 saturated heterocycles. The van der Waals surface area contributed by atoms with Gasteiger partial charge in [-0.15, -0.1) is 0 Å². The maximum Gasteiger partial charge on any atom is 0.276 e. The molecule has 0 saturated carbocycles. The lowest BCUT2D eigenvalue weighted by Gasteiger charge is -2.12. The number of ether oxygens (including phenoxy) is 1. The molecule has 0 unspecified atom stereocenters. The van der Waals surface area contributed by atoms with Gasteiger partial charge in [-0.25, -0.2) is 18.7 Å². The lowest BCUT2D eigenvalue weighted by atomic mass is 10.0. The fourth-order valence-electron chi connectivity index (χ4n) is 2.61. The van der Waals surface area contributed by atoms with Gasteiger partial charge < -0.3 is 9.26 Å². The average Bonchev–Trinajstić information content (AvgIpc) is 3.19. The summed E-state index contributed by atoms with van der Waals surface area (Å²) in [6.45, 7) is 1.53. The molecule has 28 heavy (non-hydrogen) atoms. The number of halogens is 2. The zero-order valence-electron chi connectivity index (χ0n) is 17.3. The third-order valence-corrected chi connectivity index (χ3v) is 3.86. The van der Waals surface area contributed by atoms with Gasteiger partial charge >= 0.3 is 0 Å². The van der Waals surface area contributed by atoms with Gasteiger partial charge in [-0.1, -0.05) is 5.16 Å². The summed E-state index contributed by atoms with van der Waals surface area (Å²) in [5.74, 6) is -1.09. The van der Waals surface area contributed by atoms with Crippen molar-refractivity contribution in [1.82, 2.24) is 25.1 Å². The first-order chi connectivity index (χ1) is 14.7. The molecular formula is C19H13F2N5O2. The second-order valence-electron chi connectivity index (χ2n) is 5.75. The number of hydrogen-bond acceptors (Lipinski definition) is 7. The number of nitrogens with zero attached hydrogens (tertiary/aromatic N) is 5. The molecule has 0 spiro atoms. The van der Waals surface area contributed by atoms with E-state index in [1.807, 2.05) is 0 Å². The molecule has 0 radical (unpaired) electrons. The van der Waals surface area contributed by atoms with E-state index in [2.05, 4.69) is 25.1 Å². The number of pyridine rings is 3. The second-order valence-corrected chi connectivity index (χ2v) is 5.75. The van der Waals surface area contributed by atoms with Gasteiger partial charge in [-0.3, -0.25) is 4.98 Å². The normalized spacial score (nSPS) is 12.9. The maximum absolute atomic E-state index is 13.8. The molecule has 4 heterocycles. The molecule has 0 aliphatic rings. The highest BCUT2D eigenvalue weighted by molar-refractivity contribution is 5.74. The first-order valence-electron chi connectivity index (χ1n) is 9.47. The Bertz CT molecular complexity index is 1250. The lowest BCUT2D eigenvalue weighted by Crippen LogP contribution is -1.97. The van der Waals surface area contributed by atoms with Crippen LogP contribution >= 0.6 is 0 Å². The summed E-state index contributed by atoms with van der Waals surface area (Å²) >= 11 is 0. The van der Waals surface area contributed by atoms with Crippen LogP contribution in [0.4, 0.5) is 8.78 Å². The molecular weight excluding hydrogens is 368 g/mol. The van der Waals surface area contributed by atoms with Crippen LogP contribution < -0.4 is 4.74 Å². The molecule has 0 atom stereocenters. The van der Waals surface area contributed by atoms with Crippen LogP contribution in [0, 0.1) is 18.6 Å². The van der Waals surface area contributed by atoms with Gasteiger partial charge in [0.2, 0.25) is 5.82 Å². The number of methoxy groups -OCH3 is 1. The molecule has 0 aliphatic carbocycles. The van der Waals surface area contributed by atoms with Crippen molar-refractivity contribution >= 4 is 0 Å². The van der Waals surface area contributed by atoms with E-state index >= 15 is 0 Å². The Morgan fingerprint density at radius 1 is 1.04 bits per heavy atom. The monoisotopic (exact) mass is 384 g/mol. The summed E-state index contributed by atoms with van der Waals surface area (Å²) in [5.41, 5.74) is 1.17. The zero-order valence-corrected chi connectivity index (χ0v) is 14.3. The molecule has 4 aromatic heterocycles. The van der Waals surface area contributed by atoms with Gasteiger partial charge in [0.05, 0.1) is 29.2 Å². The van der Waals surface area contributed by atoms with Crippen LogP contribution in [0.25, 0.3) is 34.2 Å². The molecule has 0 amide bonds. The molecule has 4 rings (SSSR count). The minimum atomic E-state index is -2.75. The summed E-state index contributed by atoms with van der Waals surface area (Å²) in [6, 6.07) is 5.20. The van der Waals surface area contributed by atoms with E-state index in [1.165, 1.54) is 37.4 Å². The minimum absolute atomic E-state index is 0.00438. The second kappa shape index (κ2) is 7.10. The van der Waals surface area contributed by atoms with Crippen molar-refractivity contribution < 1.29 is 22.2 Å². The van der Waals surface area contributed by atoms with Crippen LogP contribution in [-0.2, 0) is 0 Å². The van der Waals surface area contributed by atoms with Crippen LogP contribution in [0.5, 0.6) is 5.75 Å². The Balaban J connectivity index is 1.82. The standard InChI is InChI=1S/C19H13F2N5O2/c1-10-17(27-2)14(11-5-13(21)8-22-7-11)6-16(24-10)19-25-18(26-28-19)15-4-3-12(20)9-23-15/h3-9H,1-2H3/i2D3. The Kier molecular flexibility index (Phi) is 3.63. The van der Waals surface area contributed by atoms with Gasteiger partial charge in [0.1, 0.15) is 28.8 Å². The van der Waals surface area contributed by atoms with Gasteiger partial charge in [-0.2, -0.15) is 4.98 Å². The van der Waals surface area contributed by atoms with E-state index in [0.717, 1.165) is 12.4 Å². The Hall–Kier alpha value is -3.75.